The third-order valence-corrected chi connectivity index (χ3v) is 8.38. The number of hydrogen-bond acceptors (Lipinski definition) is 9. The zero-order valence-electron chi connectivity index (χ0n) is 26.1. The molecule has 3 heterocycles. The van der Waals surface area contributed by atoms with Gasteiger partial charge in [0.1, 0.15) is 11.9 Å². The molecular formula is C32H43N5O8. The van der Waals surface area contributed by atoms with Crippen molar-refractivity contribution < 1.29 is 38.4 Å². The first-order valence-corrected chi connectivity index (χ1v) is 15.4. The van der Waals surface area contributed by atoms with Gasteiger partial charge in [-0.05, 0) is 37.3 Å². The van der Waals surface area contributed by atoms with Crippen LogP contribution in [0.15, 0.2) is 36.4 Å². The molecule has 5 rings (SSSR count). The van der Waals surface area contributed by atoms with Crippen LogP contribution in [0.2, 0.25) is 0 Å². The fourth-order valence-electron chi connectivity index (χ4n) is 5.58. The van der Waals surface area contributed by atoms with Crippen molar-refractivity contribution in [3.8, 4) is 17.2 Å². The molecule has 0 spiro atoms. The predicted octanol–water partition coefficient (Wildman–Crippen LogP) is 2.39. The Labute approximate surface area is 263 Å². The van der Waals surface area contributed by atoms with Crippen molar-refractivity contribution in [2.24, 2.45) is 5.92 Å². The fraction of sp³-hybridized carbons (Fsp3) is 0.531. The van der Waals surface area contributed by atoms with E-state index in [0.29, 0.717) is 66.9 Å². The van der Waals surface area contributed by atoms with Gasteiger partial charge in [-0.3, -0.25) is 14.5 Å². The molecule has 3 aliphatic rings. The molecule has 0 bridgehead atoms. The maximum absolute atomic E-state index is 13.5. The molecule has 0 saturated carbocycles. The molecule has 2 aromatic carbocycles. The molecule has 13 heteroatoms. The van der Waals surface area contributed by atoms with Crippen molar-refractivity contribution in [1.29, 1.82) is 0 Å². The van der Waals surface area contributed by atoms with Gasteiger partial charge in [-0.2, -0.15) is 0 Å². The number of carbonyl (C=O) groups excluding carboxylic acids is 3. The van der Waals surface area contributed by atoms with Crippen molar-refractivity contribution in [1.82, 2.24) is 14.7 Å². The molecule has 3 N–H and O–H groups in total. The van der Waals surface area contributed by atoms with Gasteiger partial charge in [-0.1, -0.05) is 6.92 Å². The summed E-state index contributed by atoms with van der Waals surface area (Å²) < 4.78 is 22.7. The van der Waals surface area contributed by atoms with E-state index in [0.717, 1.165) is 13.1 Å². The first kappa shape index (κ1) is 32.3. The van der Waals surface area contributed by atoms with Crippen molar-refractivity contribution in [3.05, 3.63) is 42.0 Å². The SMILES string of the molecule is C[C@@H]1CN([C@H](C)CO)C(=O)Cc2cc(NC(=O)CCN3CCOCC3)ccc2O[C@@H]1CN(C)C(=O)Nc1ccc2c(c1)OCO2. The van der Waals surface area contributed by atoms with Crippen molar-refractivity contribution in [3.63, 3.8) is 0 Å². The number of aliphatic hydroxyl groups excluding tert-OH is 1. The number of fused-ring (bicyclic) bond motifs is 2. The summed E-state index contributed by atoms with van der Waals surface area (Å²) in [6.45, 7) is 7.89. The summed E-state index contributed by atoms with van der Waals surface area (Å²) >= 11 is 0. The van der Waals surface area contributed by atoms with Gasteiger partial charge < -0.3 is 44.5 Å². The second-order valence-electron chi connectivity index (χ2n) is 11.8. The Bertz CT molecular complexity index is 1370. The average molecular weight is 626 g/mol. The van der Waals surface area contributed by atoms with Gasteiger partial charge in [-0.15, -0.1) is 0 Å². The molecule has 0 aromatic heterocycles. The van der Waals surface area contributed by atoms with Gasteiger partial charge in [0.25, 0.3) is 0 Å². The minimum atomic E-state index is -0.482. The van der Waals surface area contributed by atoms with Crippen molar-refractivity contribution >= 4 is 29.2 Å². The molecule has 13 nitrogen and oxygen atoms in total. The number of likely N-dealkylation sites (N-methyl/N-ethyl adjacent to an activating group) is 1. The van der Waals surface area contributed by atoms with Crippen LogP contribution in [0.25, 0.3) is 0 Å². The summed E-state index contributed by atoms with van der Waals surface area (Å²) in [5.74, 6) is 1.24. The van der Waals surface area contributed by atoms with Gasteiger partial charge in [-0.25, -0.2) is 4.79 Å². The lowest BCUT2D eigenvalue weighted by Gasteiger charge is -2.34. The second-order valence-corrected chi connectivity index (χ2v) is 11.8. The lowest BCUT2D eigenvalue weighted by Crippen LogP contribution is -2.48. The summed E-state index contributed by atoms with van der Waals surface area (Å²) in [5.41, 5.74) is 1.76. The molecule has 1 saturated heterocycles. The van der Waals surface area contributed by atoms with Gasteiger partial charge in [0.2, 0.25) is 18.6 Å². The number of nitrogens with zero attached hydrogens (tertiary/aromatic N) is 3. The molecule has 3 aliphatic heterocycles. The Morgan fingerprint density at radius 3 is 2.51 bits per heavy atom. The highest BCUT2D eigenvalue weighted by atomic mass is 16.7. The number of aliphatic hydroxyl groups is 1. The predicted molar refractivity (Wildman–Crippen MR) is 167 cm³/mol. The van der Waals surface area contributed by atoms with Crippen LogP contribution < -0.4 is 24.8 Å². The number of rotatable bonds is 9. The van der Waals surface area contributed by atoms with E-state index < -0.39 is 12.1 Å². The number of urea groups is 1. The summed E-state index contributed by atoms with van der Waals surface area (Å²) in [7, 11) is 1.68. The van der Waals surface area contributed by atoms with E-state index in [1.165, 1.54) is 4.90 Å². The lowest BCUT2D eigenvalue weighted by molar-refractivity contribution is -0.134. The van der Waals surface area contributed by atoms with Crippen LogP contribution in [0.5, 0.6) is 17.2 Å². The second kappa shape index (κ2) is 14.8. The largest absolute Gasteiger partial charge is 0.488 e. The number of benzene rings is 2. The summed E-state index contributed by atoms with van der Waals surface area (Å²) in [5, 5.41) is 15.8. The molecule has 45 heavy (non-hydrogen) atoms. The van der Waals surface area contributed by atoms with E-state index in [1.807, 2.05) is 6.92 Å². The molecule has 244 valence electrons. The van der Waals surface area contributed by atoms with Gasteiger partial charge in [0.15, 0.2) is 11.5 Å². The summed E-state index contributed by atoms with van der Waals surface area (Å²) in [6, 6.07) is 9.75. The normalized spacial score (nSPS) is 20.6. The number of amides is 4. The number of morpholine rings is 1. The maximum Gasteiger partial charge on any atom is 0.321 e. The van der Waals surface area contributed by atoms with E-state index in [1.54, 1.807) is 55.3 Å². The molecule has 4 amide bonds. The monoisotopic (exact) mass is 625 g/mol. The van der Waals surface area contributed by atoms with Crippen LogP contribution in [-0.2, 0) is 20.7 Å². The third-order valence-electron chi connectivity index (χ3n) is 8.38. The van der Waals surface area contributed by atoms with Crippen LogP contribution in [-0.4, -0.2) is 116 Å². The Balaban J connectivity index is 1.30. The highest BCUT2D eigenvalue weighted by molar-refractivity contribution is 5.91. The molecule has 0 radical (unpaired) electrons. The fourth-order valence-corrected chi connectivity index (χ4v) is 5.58. The maximum atomic E-state index is 13.5. The minimum Gasteiger partial charge on any atom is -0.488 e. The average Bonchev–Trinajstić information content (AvgIpc) is 3.52. The number of hydrogen-bond donors (Lipinski definition) is 3. The van der Waals surface area contributed by atoms with E-state index >= 15 is 0 Å². The minimum absolute atomic E-state index is 0.0387. The van der Waals surface area contributed by atoms with Crippen LogP contribution in [0, 0.1) is 5.92 Å². The number of ether oxygens (including phenoxy) is 4. The molecule has 2 aromatic rings. The third kappa shape index (κ3) is 8.35. The van der Waals surface area contributed by atoms with Crippen molar-refractivity contribution in [2.45, 2.75) is 38.8 Å². The van der Waals surface area contributed by atoms with Crippen molar-refractivity contribution in [2.75, 3.05) is 77.0 Å². The molecule has 3 atom stereocenters. The topological polar surface area (TPSA) is 142 Å². The highest BCUT2D eigenvalue weighted by Gasteiger charge is 2.32. The molecule has 1 fully saturated rings. The van der Waals surface area contributed by atoms with Gasteiger partial charge in [0.05, 0.1) is 38.8 Å². The first-order valence-electron chi connectivity index (χ1n) is 15.4. The van der Waals surface area contributed by atoms with Gasteiger partial charge in [0, 0.05) is 68.6 Å². The Hall–Kier alpha value is -4.07. The molecule has 0 aliphatic carbocycles. The van der Waals surface area contributed by atoms with Crippen LogP contribution in [0.3, 0.4) is 0 Å². The van der Waals surface area contributed by atoms with Gasteiger partial charge >= 0.3 is 6.03 Å². The molecular weight excluding hydrogens is 582 g/mol. The van der Waals surface area contributed by atoms with Crippen LogP contribution in [0.1, 0.15) is 25.8 Å². The molecule has 0 unspecified atom stereocenters. The number of carbonyl (C=O) groups is 3. The number of anilines is 2. The zero-order valence-corrected chi connectivity index (χ0v) is 26.1. The Morgan fingerprint density at radius 2 is 1.76 bits per heavy atom. The first-order chi connectivity index (χ1) is 21.7. The van der Waals surface area contributed by atoms with E-state index in [9.17, 15) is 19.5 Å². The summed E-state index contributed by atoms with van der Waals surface area (Å²) in [4.78, 5) is 44.8. The van der Waals surface area contributed by atoms with E-state index in [2.05, 4.69) is 15.5 Å². The van der Waals surface area contributed by atoms with Crippen LogP contribution in [0.4, 0.5) is 16.2 Å². The quantitative estimate of drug-likeness (QED) is 0.383. The zero-order chi connectivity index (χ0) is 31.9. The highest BCUT2D eigenvalue weighted by Crippen LogP contribution is 2.34. The standard InChI is InChI=1S/C32H43N5O8/c1-21-17-37(22(2)19-38)31(40)15-23-14-24(33-30(39)8-9-36-10-12-42-13-11-36)4-6-26(23)45-29(21)18-35(3)32(41)34-25-5-7-27-28(16-25)44-20-43-27/h4-7,14,16,21-22,29,38H,8-13,15,17-20H2,1-3H3,(H,33,39)(H,34,41)/t21-,22-,29-/m1/s1. The Morgan fingerprint density at radius 1 is 1.04 bits per heavy atom. The van der Waals surface area contributed by atoms with E-state index in [-0.39, 0.29) is 50.1 Å². The summed E-state index contributed by atoms with van der Waals surface area (Å²) in [6.07, 6.45) is -0.101. The smallest absolute Gasteiger partial charge is 0.321 e. The lowest BCUT2D eigenvalue weighted by atomic mass is 10.0. The van der Waals surface area contributed by atoms with Crippen LogP contribution >= 0.6 is 0 Å². The van der Waals surface area contributed by atoms with E-state index in [4.69, 9.17) is 18.9 Å². The Kier molecular flexibility index (Phi) is 10.6. The number of nitrogens with one attached hydrogen (secondary N) is 2.